The van der Waals surface area contributed by atoms with Crippen molar-refractivity contribution in [2.45, 2.75) is 6.92 Å². The van der Waals surface area contributed by atoms with Crippen molar-refractivity contribution < 1.29 is 4.79 Å². The highest BCUT2D eigenvalue weighted by atomic mass is 32.1. The first-order chi connectivity index (χ1) is 10.1. The summed E-state index contributed by atoms with van der Waals surface area (Å²) in [5.74, 6) is 0.593. The van der Waals surface area contributed by atoms with Gasteiger partial charge in [0.25, 0.3) is 5.91 Å². The maximum Gasteiger partial charge on any atom is 0.271 e. The number of rotatable bonds is 5. The third-order valence-electron chi connectivity index (χ3n) is 3.30. The van der Waals surface area contributed by atoms with Gasteiger partial charge in [0.05, 0.1) is 4.99 Å². The smallest absolute Gasteiger partial charge is 0.271 e. The molecule has 0 bridgehead atoms. The predicted molar refractivity (Wildman–Crippen MR) is 85.5 cm³/mol. The number of carbonyl (C=O) groups excluding carboxylic acids is 1. The second kappa shape index (κ2) is 7.28. The highest BCUT2D eigenvalue weighted by molar-refractivity contribution is 7.80. The Kier molecular flexibility index (Phi) is 5.40. The number of amides is 1. The standard InChI is InChI=1S/C13H20N6OS/c1-2-15-13(20)10-3-4-12(17-16-10)19-7-5-18(6-8-19)9-11(14)21/h3-4H,2,5-9H2,1H3,(H2,14,21)(H,15,20). The summed E-state index contributed by atoms with van der Waals surface area (Å²) < 4.78 is 0. The molecule has 0 saturated carbocycles. The molecule has 2 rings (SSSR count). The monoisotopic (exact) mass is 308 g/mol. The molecule has 1 saturated heterocycles. The molecule has 0 spiro atoms. The van der Waals surface area contributed by atoms with Crippen LogP contribution in [0.15, 0.2) is 12.1 Å². The van der Waals surface area contributed by atoms with E-state index in [1.807, 2.05) is 13.0 Å². The maximum absolute atomic E-state index is 11.6. The first-order valence-electron chi connectivity index (χ1n) is 6.97. The number of nitrogens with one attached hydrogen (secondary N) is 1. The number of aromatic nitrogens is 2. The Bertz CT molecular complexity index is 498. The Labute approximate surface area is 129 Å². The van der Waals surface area contributed by atoms with Gasteiger partial charge in [-0.25, -0.2) is 0 Å². The quantitative estimate of drug-likeness (QED) is 0.718. The first kappa shape index (κ1) is 15.6. The summed E-state index contributed by atoms with van der Waals surface area (Å²) in [6.45, 7) is 6.56. The van der Waals surface area contributed by atoms with Crippen LogP contribution in [-0.2, 0) is 0 Å². The number of thiocarbonyl (C=S) groups is 1. The number of piperazine rings is 1. The lowest BCUT2D eigenvalue weighted by Gasteiger charge is -2.34. The molecule has 1 amide bonds. The highest BCUT2D eigenvalue weighted by Gasteiger charge is 2.19. The van der Waals surface area contributed by atoms with Crippen LogP contribution in [0.1, 0.15) is 17.4 Å². The minimum Gasteiger partial charge on any atom is -0.392 e. The zero-order chi connectivity index (χ0) is 15.2. The SMILES string of the molecule is CCNC(=O)c1ccc(N2CCN(CC(N)=S)CC2)nn1. The van der Waals surface area contributed by atoms with Gasteiger partial charge in [0.2, 0.25) is 0 Å². The van der Waals surface area contributed by atoms with E-state index in [2.05, 4.69) is 25.3 Å². The van der Waals surface area contributed by atoms with Gasteiger partial charge in [-0.3, -0.25) is 9.69 Å². The molecule has 2 heterocycles. The average Bonchev–Trinajstić information content (AvgIpc) is 2.48. The largest absolute Gasteiger partial charge is 0.392 e. The number of hydrogen-bond donors (Lipinski definition) is 2. The Hall–Kier alpha value is -1.80. The number of hydrogen-bond acceptors (Lipinski definition) is 6. The fourth-order valence-electron chi connectivity index (χ4n) is 2.22. The summed E-state index contributed by atoms with van der Waals surface area (Å²) in [6, 6.07) is 3.54. The molecular weight excluding hydrogens is 288 g/mol. The van der Waals surface area contributed by atoms with E-state index in [9.17, 15) is 4.79 Å². The molecule has 0 aromatic carbocycles. The normalized spacial score (nSPS) is 15.8. The molecule has 0 unspecified atom stereocenters. The van der Waals surface area contributed by atoms with Crippen LogP contribution in [0.4, 0.5) is 5.82 Å². The van der Waals surface area contributed by atoms with Crippen molar-refractivity contribution in [2.75, 3.05) is 44.2 Å². The minimum absolute atomic E-state index is 0.196. The summed E-state index contributed by atoms with van der Waals surface area (Å²) in [6.07, 6.45) is 0. The lowest BCUT2D eigenvalue weighted by molar-refractivity contribution is 0.0950. The molecule has 1 aromatic rings. The van der Waals surface area contributed by atoms with Gasteiger partial charge in [0.15, 0.2) is 11.5 Å². The predicted octanol–water partition coefficient (Wildman–Crippen LogP) is -0.366. The fourth-order valence-corrected chi connectivity index (χ4v) is 2.40. The second-order valence-corrected chi connectivity index (χ2v) is 5.39. The zero-order valence-electron chi connectivity index (χ0n) is 12.1. The van der Waals surface area contributed by atoms with Gasteiger partial charge in [-0.1, -0.05) is 12.2 Å². The zero-order valence-corrected chi connectivity index (χ0v) is 12.9. The second-order valence-electron chi connectivity index (χ2n) is 4.87. The number of nitrogens with zero attached hydrogens (tertiary/aromatic N) is 4. The van der Waals surface area contributed by atoms with Crippen LogP contribution in [0.25, 0.3) is 0 Å². The van der Waals surface area contributed by atoms with Gasteiger partial charge in [0.1, 0.15) is 0 Å². The van der Waals surface area contributed by atoms with E-state index in [0.29, 0.717) is 23.8 Å². The number of carbonyl (C=O) groups is 1. The maximum atomic E-state index is 11.6. The summed E-state index contributed by atoms with van der Waals surface area (Å²) in [5.41, 5.74) is 5.90. The van der Waals surface area contributed by atoms with E-state index in [1.54, 1.807) is 6.07 Å². The van der Waals surface area contributed by atoms with Gasteiger partial charge in [-0.05, 0) is 19.1 Å². The summed E-state index contributed by atoms with van der Waals surface area (Å²) in [4.78, 5) is 16.5. The molecule has 8 heteroatoms. The molecule has 1 aliphatic heterocycles. The molecule has 21 heavy (non-hydrogen) atoms. The Balaban J connectivity index is 1.92. The molecule has 7 nitrogen and oxygen atoms in total. The minimum atomic E-state index is -0.196. The van der Waals surface area contributed by atoms with Crippen molar-refractivity contribution in [1.29, 1.82) is 0 Å². The number of nitrogens with two attached hydrogens (primary N) is 1. The van der Waals surface area contributed by atoms with Crippen LogP contribution in [0.5, 0.6) is 0 Å². The third-order valence-corrected chi connectivity index (χ3v) is 3.43. The molecule has 1 fully saturated rings. The highest BCUT2D eigenvalue weighted by Crippen LogP contribution is 2.12. The Morgan fingerprint density at radius 3 is 2.57 bits per heavy atom. The number of anilines is 1. The van der Waals surface area contributed by atoms with Gasteiger partial charge >= 0.3 is 0 Å². The molecule has 3 N–H and O–H groups in total. The van der Waals surface area contributed by atoms with E-state index in [-0.39, 0.29) is 5.91 Å². The molecular formula is C13H20N6OS. The first-order valence-corrected chi connectivity index (χ1v) is 7.38. The van der Waals surface area contributed by atoms with Crippen LogP contribution in [0.2, 0.25) is 0 Å². The molecule has 1 aromatic heterocycles. The lowest BCUT2D eigenvalue weighted by Crippen LogP contribution is -2.48. The van der Waals surface area contributed by atoms with Gasteiger partial charge in [0, 0.05) is 39.3 Å². The molecule has 114 valence electrons. The van der Waals surface area contributed by atoms with Gasteiger partial charge in [-0.2, -0.15) is 0 Å². The Morgan fingerprint density at radius 2 is 2.05 bits per heavy atom. The van der Waals surface area contributed by atoms with Crippen LogP contribution in [0, 0.1) is 0 Å². The fraction of sp³-hybridized carbons (Fsp3) is 0.538. The topological polar surface area (TPSA) is 87.4 Å². The van der Waals surface area contributed by atoms with E-state index < -0.39 is 0 Å². The summed E-state index contributed by atoms with van der Waals surface area (Å²) in [7, 11) is 0. The van der Waals surface area contributed by atoms with Crippen molar-refractivity contribution in [3.05, 3.63) is 17.8 Å². The van der Waals surface area contributed by atoms with Crippen molar-refractivity contribution in [2.24, 2.45) is 5.73 Å². The molecule has 0 radical (unpaired) electrons. The molecule has 0 atom stereocenters. The molecule has 0 aliphatic carbocycles. The summed E-state index contributed by atoms with van der Waals surface area (Å²) >= 11 is 4.92. The van der Waals surface area contributed by atoms with Crippen LogP contribution >= 0.6 is 12.2 Å². The lowest BCUT2D eigenvalue weighted by atomic mass is 10.3. The van der Waals surface area contributed by atoms with Crippen molar-refractivity contribution >= 4 is 28.9 Å². The van der Waals surface area contributed by atoms with Crippen LogP contribution < -0.4 is 16.0 Å². The van der Waals surface area contributed by atoms with E-state index >= 15 is 0 Å². The van der Waals surface area contributed by atoms with Gasteiger partial charge in [-0.15, -0.1) is 10.2 Å². The summed E-state index contributed by atoms with van der Waals surface area (Å²) in [5, 5.41) is 10.8. The van der Waals surface area contributed by atoms with E-state index in [4.69, 9.17) is 18.0 Å². The van der Waals surface area contributed by atoms with E-state index in [1.165, 1.54) is 0 Å². The average molecular weight is 308 g/mol. The van der Waals surface area contributed by atoms with E-state index in [0.717, 1.165) is 32.0 Å². The van der Waals surface area contributed by atoms with Crippen molar-refractivity contribution in [1.82, 2.24) is 20.4 Å². The van der Waals surface area contributed by atoms with Crippen LogP contribution in [-0.4, -0.2) is 65.3 Å². The van der Waals surface area contributed by atoms with Gasteiger partial charge < -0.3 is 16.0 Å². The van der Waals surface area contributed by atoms with Crippen molar-refractivity contribution in [3.8, 4) is 0 Å². The van der Waals surface area contributed by atoms with Crippen LogP contribution in [0.3, 0.4) is 0 Å². The third kappa shape index (κ3) is 4.33. The van der Waals surface area contributed by atoms with Crippen molar-refractivity contribution in [3.63, 3.8) is 0 Å². The Morgan fingerprint density at radius 1 is 1.33 bits per heavy atom. The molecule has 1 aliphatic rings.